The third-order valence-electron chi connectivity index (χ3n) is 6.16. The normalized spacial score (nSPS) is 12.3. The monoisotopic (exact) mass is 771 g/mol. The van der Waals surface area contributed by atoms with E-state index >= 15 is 0 Å². The van der Waals surface area contributed by atoms with Crippen molar-refractivity contribution < 1.29 is 24.2 Å². The number of carbonyl (C=O) groups excluding carboxylic acids is 2. The minimum absolute atomic E-state index is 0.0957. The molecule has 5 N–H and O–H groups in total. The lowest BCUT2D eigenvalue weighted by Gasteiger charge is -2.29. The third kappa shape index (κ3) is 9.60. The van der Waals surface area contributed by atoms with Crippen LogP contribution >= 0.6 is 47.8 Å². The highest BCUT2D eigenvalue weighted by Crippen LogP contribution is 2.40. The van der Waals surface area contributed by atoms with E-state index < -0.39 is 18.3 Å². The lowest BCUT2D eigenvalue weighted by atomic mass is 9.99. The Kier molecular flexibility index (Phi) is 11.7. The summed E-state index contributed by atoms with van der Waals surface area (Å²) in [6, 6.07) is 26.5. The minimum Gasteiger partial charge on any atom is -0.506 e. The summed E-state index contributed by atoms with van der Waals surface area (Å²) in [6.07, 6.45) is 1.28. The van der Waals surface area contributed by atoms with E-state index in [-0.39, 0.29) is 11.7 Å². The number of phenolic OH excluding ortho intramolecular Hbond substituents is 1. The number of allylic oxidation sites excluding steroid dienone is 1. The standard InChI is InChI=1S/C32H28Br3N3O5/c33-20-14-16-22(17-15-20)37-32(41)43-31(24-18-21(34)19-25(35)30(24)40)28(42-23-8-2-1-3-9-23)12-6-7-13-29(39)38-27-11-5-4-10-26(27)36/h1-5,7-11,13-19,28,31,40H,6,12,36H2,(H,37,41)(H,38,39)/b13-7+/t28-,31-/m0/s1. The van der Waals surface area contributed by atoms with E-state index in [1.165, 1.54) is 6.08 Å². The van der Waals surface area contributed by atoms with Crippen LogP contribution in [-0.4, -0.2) is 23.2 Å². The molecule has 0 aromatic heterocycles. The molecule has 0 aliphatic rings. The molecule has 0 saturated heterocycles. The predicted octanol–water partition coefficient (Wildman–Crippen LogP) is 8.97. The molecule has 222 valence electrons. The molecule has 0 spiro atoms. The van der Waals surface area contributed by atoms with Crippen molar-refractivity contribution >= 4 is 76.9 Å². The van der Waals surface area contributed by atoms with Crippen LogP contribution in [0.1, 0.15) is 24.5 Å². The Morgan fingerprint density at radius 1 is 0.884 bits per heavy atom. The summed E-state index contributed by atoms with van der Waals surface area (Å²) in [7, 11) is 0. The number of nitrogens with one attached hydrogen (secondary N) is 2. The summed E-state index contributed by atoms with van der Waals surface area (Å²) < 4.78 is 14.2. The number of amides is 2. The van der Waals surface area contributed by atoms with Gasteiger partial charge in [-0.3, -0.25) is 10.1 Å². The first-order valence-electron chi connectivity index (χ1n) is 13.1. The summed E-state index contributed by atoms with van der Waals surface area (Å²) in [6.45, 7) is 0. The van der Waals surface area contributed by atoms with Gasteiger partial charge in [-0.25, -0.2) is 4.79 Å². The number of nitrogen functional groups attached to an aromatic ring is 1. The quantitative estimate of drug-likeness (QED) is 0.0892. The number of phenols is 1. The fraction of sp³-hybridized carbons (Fsp3) is 0.125. The number of hydrogen-bond donors (Lipinski definition) is 4. The highest BCUT2D eigenvalue weighted by atomic mass is 79.9. The van der Waals surface area contributed by atoms with Gasteiger partial charge in [0, 0.05) is 20.2 Å². The van der Waals surface area contributed by atoms with Crippen LogP contribution in [0.4, 0.5) is 21.9 Å². The number of carbonyl (C=O) groups is 2. The second kappa shape index (κ2) is 15.6. The van der Waals surface area contributed by atoms with E-state index in [1.54, 1.807) is 78.9 Å². The fourth-order valence-corrected chi connectivity index (χ4v) is 5.64. The molecule has 2 amide bonds. The molecule has 0 aliphatic heterocycles. The zero-order chi connectivity index (χ0) is 30.8. The van der Waals surface area contributed by atoms with Gasteiger partial charge in [0.15, 0.2) is 6.10 Å². The Balaban J connectivity index is 1.59. The first kappa shape index (κ1) is 32.1. The second-order valence-electron chi connectivity index (χ2n) is 9.31. The Morgan fingerprint density at radius 3 is 2.30 bits per heavy atom. The topological polar surface area (TPSA) is 123 Å². The molecule has 4 rings (SSSR count). The molecule has 4 aromatic rings. The maximum Gasteiger partial charge on any atom is 0.412 e. The molecule has 43 heavy (non-hydrogen) atoms. The maximum absolute atomic E-state index is 13.2. The van der Waals surface area contributed by atoms with Gasteiger partial charge >= 0.3 is 6.09 Å². The van der Waals surface area contributed by atoms with Gasteiger partial charge in [-0.05, 0) is 95.5 Å². The Labute approximate surface area is 274 Å². The van der Waals surface area contributed by atoms with Crippen molar-refractivity contribution in [3.8, 4) is 11.5 Å². The van der Waals surface area contributed by atoms with Crippen LogP contribution in [0.15, 0.2) is 117 Å². The van der Waals surface area contributed by atoms with Crippen LogP contribution in [0.25, 0.3) is 0 Å². The zero-order valence-electron chi connectivity index (χ0n) is 22.7. The van der Waals surface area contributed by atoms with Gasteiger partial charge in [0.05, 0.1) is 15.8 Å². The molecule has 0 radical (unpaired) electrons. The van der Waals surface area contributed by atoms with Gasteiger partial charge in [-0.2, -0.15) is 0 Å². The molecule has 0 saturated carbocycles. The molecule has 0 fully saturated rings. The SMILES string of the molecule is Nc1ccccc1NC(=O)/C=C/CC[C@H](Oc1ccccc1)[C@@H](OC(=O)Nc1ccc(Br)cc1)c1cc(Br)cc(Br)c1O. The average molecular weight is 774 g/mol. The van der Waals surface area contributed by atoms with Gasteiger partial charge in [0.1, 0.15) is 17.6 Å². The Hall–Kier alpha value is -3.80. The van der Waals surface area contributed by atoms with Crippen LogP contribution in [0.2, 0.25) is 0 Å². The van der Waals surface area contributed by atoms with E-state index in [0.717, 1.165) is 4.47 Å². The fourth-order valence-electron chi connectivity index (χ4n) is 4.12. The molecule has 4 aromatic carbocycles. The third-order valence-corrected chi connectivity index (χ3v) is 7.75. The predicted molar refractivity (Wildman–Crippen MR) is 179 cm³/mol. The summed E-state index contributed by atoms with van der Waals surface area (Å²) in [4.78, 5) is 25.7. The van der Waals surface area contributed by atoms with Crippen molar-refractivity contribution in [3.63, 3.8) is 0 Å². The first-order chi connectivity index (χ1) is 20.7. The van der Waals surface area contributed by atoms with E-state index in [0.29, 0.717) is 50.2 Å². The number of hydrogen-bond acceptors (Lipinski definition) is 6. The lowest BCUT2D eigenvalue weighted by Crippen LogP contribution is -2.31. The summed E-state index contributed by atoms with van der Waals surface area (Å²) in [5.41, 5.74) is 7.76. The number of aromatic hydroxyl groups is 1. The van der Waals surface area contributed by atoms with Crippen LogP contribution < -0.4 is 21.1 Å². The van der Waals surface area contributed by atoms with Crippen molar-refractivity contribution in [2.24, 2.45) is 0 Å². The zero-order valence-corrected chi connectivity index (χ0v) is 27.4. The van der Waals surface area contributed by atoms with Crippen LogP contribution in [0.5, 0.6) is 11.5 Å². The molecular weight excluding hydrogens is 746 g/mol. The van der Waals surface area contributed by atoms with Crippen molar-refractivity contribution in [1.82, 2.24) is 0 Å². The summed E-state index contributed by atoms with van der Waals surface area (Å²) >= 11 is 10.2. The van der Waals surface area contributed by atoms with Crippen LogP contribution in [-0.2, 0) is 9.53 Å². The van der Waals surface area contributed by atoms with Crippen LogP contribution in [0, 0.1) is 0 Å². The summed E-state index contributed by atoms with van der Waals surface area (Å²) in [5, 5.41) is 16.5. The molecule has 8 nitrogen and oxygen atoms in total. The van der Waals surface area contributed by atoms with Gasteiger partial charge in [-0.1, -0.05) is 68.3 Å². The van der Waals surface area contributed by atoms with E-state index in [4.69, 9.17) is 15.2 Å². The molecule has 0 bridgehead atoms. The maximum atomic E-state index is 13.2. The van der Waals surface area contributed by atoms with Crippen molar-refractivity contribution in [2.45, 2.75) is 25.0 Å². The minimum atomic E-state index is -1.05. The lowest BCUT2D eigenvalue weighted by molar-refractivity contribution is -0.111. The molecule has 2 atom stereocenters. The highest BCUT2D eigenvalue weighted by molar-refractivity contribution is 9.11. The van der Waals surface area contributed by atoms with Crippen molar-refractivity contribution in [1.29, 1.82) is 0 Å². The largest absolute Gasteiger partial charge is 0.506 e. The van der Waals surface area contributed by atoms with Gasteiger partial charge < -0.3 is 25.6 Å². The molecule has 11 heteroatoms. The number of ether oxygens (including phenoxy) is 2. The van der Waals surface area contributed by atoms with E-state index in [2.05, 4.69) is 58.4 Å². The number of rotatable bonds is 11. The molecule has 0 unspecified atom stereocenters. The van der Waals surface area contributed by atoms with Crippen molar-refractivity contribution in [3.05, 3.63) is 122 Å². The number of benzene rings is 4. The van der Waals surface area contributed by atoms with Gasteiger partial charge in [0.2, 0.25) is 5.91 Å². The summed E-state index contributed by atoms with van der Waals surface area (Å²) in [5.74, 6) is 0.111. The molecule has 0 heterocycles. The Bertz CT molecular complexity index is 1580. The number of anilines is 3. The average Bonchev–Trinajstić information content (AvgIpc) is 2.98. The van der Waals surface area contributed by atoms with Crippen molar-refractivity contribution in [2.75, 3.05) is 16.4 Å². The van der Waals surface area contributed by atoms with Crippen LogP contribution in [0.3, 0.4) is 0 Å². The van der Waals surface area contributed by atoms with Gasteiger partial charge in [-0.15, -0.1) is 0 Å². The number of nitrogens with two attached hydrogens (primary N) is 1. The van der Waals surface area contributed by atoms with E-state index in [9.17, 15) is 14.7 Å². The number of para-hydroxylation sites is 3. The first-order valence-corrected chi connectivity index (χ1v) is 15.5. The molecular formula is C32H28Br3N3O5. The Morgan fingerprint density at radius 2 is 1.58 bits per heavy atom. The van der Waals surface area contributed by atoms with E-state index in [1.807, 2.05) is 18.2 Å². The van der Waals surface area contributed by atoms with Gasteiger partial charge in [0.25, 0.3) is 0 Å². The smallest absolute Gasteiger partial charge is 0.412 e. The number of halogens is 3. The second-order valence-corrected chi connectivity index (χ2v) is 12.0. The highest BCUT2D eigenvalue weighted by Gasteiger charge is 2.32. The molecule has 0 aliphatic carbocycles.